The molecule has 0 saturated heterocycles. The lowest BCUT2D eigenvalue weighted by molar-refractivity contribution is 0.263. The van der Waals surface area contributed by atoms with Crippen LogP contribution in [0.2, 0.25) is 0 Å². The molecule has 21 heavy (non-hydrogen) atoms. The van der Waals surface area contributed by atoms with Crippen molar-refractivity contribution in [2.24, 2.45) is 0 Å². The highest BCUT2D eigenvalue weighted by Crippen LogP contribution is 2.19. The standard InChI is InChI=1S/C16H23N3O2/c1-16(2,3)15-17-14(19(18-15)10-11-20)9-12-21-13-7-5-4-6-8-13/h4-8,20H,9-12H2,1-3H3. The molecule has 0 aliphatic heterocycles. The monoisotopic (exact) mass is 289 g/mol. The SMILES string of the molecule is CC(C)(C)c1nc(CCOc2ccccc2)n(CCO)n1. The van der Waals surface area contributed by atoms with E-state index >= 15 is 0 Å². The predicted molar refractivity (Wildman–Crippen MR) is 81.4 cm³/mol. The van der Waals surface area contributed by atoms with E-state index in [9.17, 15) is 0 Å². The lowest BCUT2D eigenvalue weighted by atomic mass is 9.96. The fourth-order valence-corrected chi connectivity index (χ4v) is 1.93. The van der Waals surface area contributed by atoms with Gasteiger partial charge in [-0.05, 0) is 12.1 Å². The molecule has 0 aliphatic carbocycles. The first kappa shape index (κ1) is 15.5. The van der Waals surface area contributed by atoms with Crippen LogP contribution < -0.4 is 4.74 Å². The topological polar surface area (TPSA) is 60.2 Å². The summed E-state index contributed by atoms with van der Waals surface area (Å²) in [6.07, 6.45) is 0.665. The largest absolute Gasteiger partial charge is 0.493 e. The second-order valence-electron chi connectivity index (χ2n) is 5.96. The molecule has 1 aromatic heterocycles. The Hall–Kier alpha value is -1.88. The third-order valence-electron chi connectivity index (χ3n) is 3.07. The molecule has 0 aliphatic rings. The second-order valence-corrected chi connectivity index (χ2v) is 5.96. The van der Waals surface area contributed by atoms with Crippen LogP contribution in [0.25, 0.3) is 0 Å². The van der Waals surface area contributed by atoms with Crippen molar-refractivity contribution in [2.45, 2.75) is 39.2 Å². The maximum Gasteiger partial charge on any atom is 0.156 e. The number of ether oxygens (including phenoxy) is 1. The fourth-order valence-electron chi connectivity index (χ4n) is 1.93. The zero-order chi connectivity index (χ0) is 15.3. The highest BCUT2D eigenvalue weighted by Gasteiger charge is 2.21. The van der Waals surface area contributed by atoms with Crippen LogP contribution in [0.15, 0.2) is 30.3 Å². The van der Waals surface area contributed by atoms with Crippen molar-refractivity contribution >= 4 is 0 Å². The van der Waals surface area contributed by atoms with Crippen molar-refractivity contribution in [1.82, 2.24) is 14.8 Å². The molecule has 0 spiro atoms. The van der Waals surface area contributed by atoms with Gasteiger partial charge in [-0.3, -0.25) is 0 Å². The minimum atomic E-state index is -0.101. The van der Waals surface area contributed by atoms with Crippen LogP contribution in [0.5, 0.6) is 5.75 Å². The minimum absolute atomic E-state index is 0.0550. The van der Waals surface area contributed by atoms with Crippen molar-refractivity contribution in [3.05, 3.63) is 42.0 Å². The van der Waals surface area contributed by atoms with Gasteiger partial charge in [0.25, 0.3) is 0 Å². The highest BCUT2D eigenvalue weighted by molar-refractivity contribution is 5.20. The summed E-state index contributed by atoms with van der Waals surface area (Å²) < 4.78 is 7.47. The summed E-state index contributed by atoms with van der Waals surface area (Å²) in [5.74, 6) is 2.50. The van der Waals surface area contributed by atoms with Crippen LogP contribution in [-0.4, -0.2) is 33.1 Å². The van der Waals surface area contributed by atoms with Crippen molar-refractivity contribution in [3.63, 3.8) is 0 Å². The van der Waals surface area contributed by atoms with E-state index in [1.165, 1.54) is 0 Å². The number of rotatable bonds is 6. The lowest BCUT2D eigenvalue weighted by Gasteiger charge is -2.12. The Bertz CT molecular complexity index is 559. The van der Waals surface area contributed by atoms with Crippen LogP contribution in [-0.2, 0) is 18.4 Å². The number of nitrogens with zero attached hydrogens (tertiary/aromatic N) is 3. The van der Waals surface area contributed by atoms with Crippen LogP contribution >= 0.6 is 0 Å². The number of benzene rings is 1. The van der Waals surface area contributed by atoms with Crippen molar-refractivity contribution in [1.29, 1.82) is 0 Å². The fraction of sp³-hybridized carbons (Fsp3) is 0.500. The summed E-state index contributed by atoms with van der Waals surface area (Å²) >= 11 is 0. The van der Waals surface area contributed by atoms with Gasteiger partial charge < -0.3 is 9.84 Å². The Morgan fingerprint density at radius 2 is 1.90 bits per heavy atom. The quantitative estimate of drug-likeness (QED) is 0.885. The van der Waals surface area contributed by atoms with E-state index in [1.54, 1.807) is 4.68 Å². The number of hydrogen-bond donors (Lipinski definition) is 1. The Morgan fingerprint density at radius 3 is 2.52 bits per heavy atom. The molecule has 2 rings (SSSR count). The molecule has 114 valence electrons. The van der Waals surface area contributed by atoms with Gasteiger partial charge in [-0.1, -0.05) is 39.0 Å². The van der Waals surface area contributed by atoms with Crippen molar-refractivity contribution in [2.75, 3.05) is 13.2 Å². The Morgan fingerprint density at radius 1 is 1.19 bits per heavy atom. The van der Waals surface area contributed by atoms with Crippen molar-refractivity contribution in [3.8, 4) is 5.75 Å². The van der Waals surface area contributed by atoms with Crippen LogP contribution in [0.1, 0.15) is 32.4 Å². The summed E-state index contributed by atoms with van der Waals surface area (Å²) in [6.45, 7) is 7.29. The Labute approximate surface area is 125 Å². The van der Waals surface area contributed by atoms with E-state index in [2.05, 4.69) is 30.9 Å². The summed E-state index contributed by atoms with van der Waals surface area (Å²) in [4.78, 5) is 4.59. The number of para-hydroxylation sites is 1. The maximum atomic E-state index is 9.14. The Balaban J connectivity index is 2.02. The molecule has 0 atom stereocenters. The van der Waals surface area contributed by atoms with Gasteiger partial charge in [-0.25, -0.2) is 9.67 Å². The summed E-state index contributed by atoms with van der Waals surface area (Å²) in [5.41, 5.74) is -0.101. The number of aliphatic hydroxyl groups excluding tert-OH is 1. The lowest BCUT2D eigenvalue weighted by Crippen LogP contribution is -2.14. The van der Waals surface area contributed by atoms with Gasteiger partial charge in [0, 0.05) is 11.8 Å². The molecule has 0 fully saturated rings. The average Bonchev–Trinajstić information content (AvgIpc) is 2.84. The first-order chi connectivity index (χ1) is 10.0. The molecule has 0 radical (unpaired) electrons. The smallest absolute Gasteiger partial charge is 0.156 e. The minimum Gasteiger partial charge on any atom is -0.493 e. The van der Waals surface area contributed by atoms with Crippen LogP contribution in [0.3, 0.4) is 0 Å². The van der Waals surface area contributed by atoms with E-state index < -0.39 is 0 Å². The summed E-state index contributed by atoms with van der Waals surface area (Å²) in [7, 11) is 0. The van der Waals surface area contributed by atoms with E-state index in [0.717, 1.165) is 17.4 Å². The van der Waals surface area contributed by atoms with E-state index in [4.69, 9.17) is 9.84 Å². The molecule has 0 unspecified atom stereocenters. The molecule has 5 heteroatoms. The van der Waals surface area contributed by atoms with Gasteiger partial charge in [0.15, 0.2) is 5.82 Å². The molecule has 0 saturated carbocycles. The molecular formula is C16H23N3O2. The van der Waals surface area contributed by atoms with Crippen LogP contribution in [0.4, 0.5) is 0 Å². The van der Waals surface area contributed by atoms with Gasteiger partial charge in [-0.2, -0.15) is 5.10 Å². The average molecular weight is 289 g/mol. The third kappa shape index (κ3) is 4.29. The molecule has 2 aromatic rings. The number of aromatic nitrogens is 3. The van der Waals surface area contributed by atoms with E-state index in [0.29, 0.717) is 19.6 Å². The van der Waals surface area contributed by atoms with E-state index in [-0.39, 0.29) is 12.0 Å². The first-order valence-corrected chi connectivity index (χ1v) is 7.23. The summed E-state index contributed by atoms with van der Waals surface area (Å²) in [5, 5.41) is 13.6. The molecule has 0 amide bonds. The number of aliphatic hydroxyl groups is 1. The van der Waals surface area contributed by atoms with Crippen molar-refractivity contribution < 1.29 is 9.84 Å². The van der Waals surface area contributed by atoms with Gasteiger partial charge in [0.05, 0.1) is 19.8 Å². The van der Waals surface area contributed by atoms with Gasteiger partial charge >= 0.3 is 0 Å². The second kappa shape index (κ2) is 6.72. The molecule has 5 nitrogen and oxygen atoms in total. The van der Waals surface area contributed by atoms with Gasteiger partial charge in [0.2, 0.25) is 0 Å². The molecule has 1 heterocycles. The maximum absolute atomic E-state index is 9.14. The molecule has 1 N–H and O–H groups in total. The third-order valence-corrected chi connectivity index (χ3v) is 3.07. The Kier molecular flexibility index (Phi) is 4.96. The zero-order valence-corrected chi connectivity index (χ0v) is 12.9. The zero-order valence-electron chi connectivity index (χ0n) is 12.9. The highest BCUT2D eigenvalue weighted by atomic mass is 16.5. The summed E-state index contributed by atoms with van der Waals surface area (Å²) in [6, 6.07) is 9.71. The predicted octanol–water partition coefficient (Wildman–Crippen LogP) is 2.19. The van der Waals surface area contributed by atoms with Crippen LogP contribution in [0, 0.1) is 0 Å². The molecular weight excluding hydrogens is 266 g/mol. The normalized spacial score (nSPS) is 11.6. The number of hydrogen-bond acceptors (Lipinski definition) is 4. The van der Waals surface area contributed by atoms with Gasteiger partial charge in [0.1, 0.15) is 11.6 Å². The molecule has 1 aromatic carbocycles. The van der Waals surface area contributed by atoms with Gasteiger partial charge in [-0.15, -0.1) is 0 Å². The first-order valence-electron chi connectivity index (χ1n) is 7.23. The molecule has 0 bridgehead atoms. The van der Waals surface area contributed by atoms with E-state index in [1.807, 2.05) is 30.3 Å².